The second kappa shape index (κ2) is 12.5. The fourth-order valence-corrected chi connectivity index (χ4v) is 5.25. The number of halogens is 1. The van der Waals surface area contributed by atoms with Crippen molar-refractivity contribution in [2.75, 3.05) is 12.4 Å². The molecule has 0 bridgehead atoms. The fourth-order valence-electron chi connectivity index (χ4n) is 5.08. The lowest BCUT2D eigenvalue weighted by molar-refractivity contribution is -0.119. The Kier molecular flexibility index (Phi) is 8.50. The molecule has 0 aliphatic rings. The van der Waals surface area contributed by atoms with E-state index in [9.17, 15) is 34.2 Å². The Balaban J connectivity index is 1.58. The van der Waals surface area contributed by atoms with Crippen LogP contribution in [0.2, 0.25) is 5.02 Å². The number of carboxylic acids is 1. The van der Waals surface area contributed by atoms with Crippen LogP contribution in [0.5, 0.6) is 5.88 Å². The third kappa shape index (κ3) is 6.17. The van der Waals surface area contributed by atoms with Crippen LogP contribution >= 0.6 is 11.6 Å². The summed E-state index contributed by atoms with van der Waals surface area (Å²) in [4.78, 5) is 63.1. The third-order valence-electron chi connectivity index (χ3n) is 7.12. The zero-order chi connectivity index (χ0) is 32.4. The van der Waals surface area contributed by atoms with Gasteiger partial charge >= 0.3 is 12.1 Å². The third-order valence-corrected chi connectivity index (χ3v) is 7.35. The molecule has 228 valence electrons. The van der Waals surface area contributed by atoms with E-state index in [2.05, 4.69) is 10.4 Å². The number of ketones is 1. The molecule has 2 heterocycles. The van der Waals surface area contributed by atoms with Gasteiger partial charge in [0, 0.05) is 34.1 Å². The molecule has 0 spiro atoms. The van der Waals surface area contributed by atoms with Crippen LogP contribution in [-0.4, -0.2) is 55.4 Å². The summed E-state index contributed by atoms with van der Waals surface area (Å²) >= 11 is 6.21. The average Bonchev–Trinajstić information content (AvgIpc) is 3.40. The first-order chi connectivity index (χ1) is 21.5. The molecule has 2 aromatic heterocycles. The number of benzene rings is 3. The van der Waals surface area contributed by atoms with Crippen LogP contribution in [-0.2, 0) is 11.2 Å². The van der Waals surface area contributed by atoms with Crippen molar-refractivity contribution in [1.82, 2.24) is 14.3 Å². The van der Waals surface area contributed by atoms with Crippen LogP contribution < -0.4 is 15.6 Å². The number of methoxy groups -OCH3 is 1. The summed E-state index contributed by atoms with van der Waals surface area (Å²) in [5.74, 6) is -2.35. The Morgan fingerprint density at radius 2 is 1.69 bits per heavy atom. The summed E-state index contributed by atoms with van der Waals surface area (Å²) in [5.41, 5.74) is 0.809. The molecule has 1 amide bonds. The normalized spacial score (nSPS) is 11.6. The highest BCUT2D eigenvalue weighted by atomic mass is 35.5. The van der Waals surface area contributed by atoms with E-state index < -0.39 is 35.3 Å². The van der Waals surface area contributed by atoms with Crippen molar-refractivity contribution in [2.24, 2.45) is 0 Å². The second-order valence-corrected chi connectivity index (χ2v) is 10.5. The number of amides is 1. The first-order valence-corrected chi connectivity index (χ1v) is 13.8. The number of nitrogens with zero attached hydrogens (tertiary/aromatic N) is 3. The van der Waals surface area contributed by atoms with E-state index in [1.807, 2.05) is 6.07 Å². The van der Waals surface area contributed by atoms with E-state index in [4.69, 9.17) is 16.3 Å². The molecule has 12 nitrogen and oxygen atoms in total. The topological polar surface area (TPSA) is 170 Å². The predicted octanol–water partition coefficient (Wildman–Crippen LogP) is 5.38. The molecule has 5 rings (SSSR count). The van der Waals surface area contributed by atoms with Crippen LogP contribution in [0.1, 0.15) is 39.4 Å². The maximum atomic E-state index is 13.8. The van der Waals surface area contributed by atoms with Gasteiger partial charge in [0.2, 0.25) is 11.8 Å². The first kappa shape index (κ1) is 30.7. The molecule has 0 aliphatic heterocycles. The van der Waals surface area contributed by atoms with E-state index >= 15 is 0 Å². The fraction of sp³-hybridized carbons (Fsp3) is 0.125. The monoisotopic (exact) mass is 628 g/mol. The number of hydrogen-bond acceptors (Lipinski definition) is 7. The minimum Gasteiger partial charge on any atom is -0.480 e. The molecule has 45 heavy (non-hydrogen) atoms. The van der Waals surface area contributed by atoms with E-state index in [1.54, 1.807) is 30.3 Å². The van der Waals surface area contributed by atoms with Gasteiger partial charge in [-0.2, -0.15) is 0 Å². The molecule has 5 aromatic rings. The summed E-state index contributed by atoms with van der Waals surface area (Å²) in [7, 11) is 1.34. The quantitative estimate of drug-likeness (QED) is 0.181. The number of aromatic carboxylic acids is 1. The zero-order valence-corrected chi connectivity index (χ0v) is 24.6. The molecule has 0 saturated heterocycles. The van der Waals surface area contributed by atoms with Gasteiger partial charge in [0.25, 0.3) is 5.56 Å². The molecule has 0 radical (unpaired) electrons. The molecular formula is C32H25ClN4O8. The van der Waals surface area contributed by atoms with Crippen LogP contribution in [0.3, 0.4) is 0 Å². The number of ether oxygens (including phenoxy) is 1. The summed E-state index contributed by atoms with van der Waals surface area (Å²) in [6.45, 7) is 1.38. The summed E-state index contributed by atoms with van der Waals surface area (Å²) in [5, 5.41) is 26.7. The number of carbonyl (C=O) groups is 4. The Bertz CT molecular complexity index is 2050. The number of rotatable bonds is 9. The van der Waals surface area contributed by atoms with E-state index in [0.29, 0.717) is 20.7 Å². The number of aromatic nitrogens is 3. The standard InChI is InChI=1S/C32H25ClN4O8/c1-17(38)22-10-8-20(33)15-23(22)24-16-28(39)37(35-30(24)45-2)26(12-18-6-4-3-5-7-18)29(40)34-21-9-11-25-19(13-21)14-27(31(41)42)36(25)32(43)44/h3-11,13-16,26H,12H2,1-2H3,(H,34,40)(H,41,42)(H,43,44)/t26-/m0/s1. The first-order valence-electron chi connectivity index (χ1n) is 13.4. The largest absolute Gasteiger partial charge is 0.480 e. The highest BCUT2D eigenvalue weighted by Crippen LogP contribution is 2.33. The minimum absolute atomic E-state index is 0.0251. The van der Waals surface area contributed by atoms with Crippen LogP contribution in [0.4, 0.5) is 10.5 Å². The number of anilines is 1. The maximum Gasteiger partial charge on any atom is 0.416 e. The molecule has 3 N–H and O–H groups in total. The van der Waals surface area contributed by atoms with Crippen molar-refractivity contribution >= 4 is 51.9 Å². The van der Waals surface area contributed by atoms with Crippen molar-refractivity contribution in [3.8, 4) is 17.0 Å². The highest BCUT2D eigenvalue weighted by molar-refractivity contribution is 6.31. The highest BCUT2D eigenvalue weighted by Gasteiger charge is 2.27. The zero-order valence-electron chi connectivity index (χ0n) is 23.9. The number of carbonyl (C=O) groups excluding carboxylic acids is 2. The number of nitrogens with one attached hydrogen (secondary N) is 1. The molecule has 3 aromatic carbocycles. The van der Waals surface area contributed by atoms with Gasteiger partial charge in [-0.05, 0) is 60.5 Å². The van der Waals surface area contributed by atoms with Gasteiger partial charge in [0.15, 0.2) is 5.78 Å². The van der Waals surface area contributed by atoms with Crippen LogP contribution in [0.15, 0.2) is 83.7 Å². The Morgan fingerprint density at radius 1 is 0.956 bits per heavy atom. The van der Waals surface area contributed by atoms with Gasteiger partial charge in [-0.25, -0.2) is 18.8 Å². The Morgan fingerprint density at radius 3 is 2.33 bits per heavy atom. The number of carboxylic acid groups (broad SMARTS) is 2. The van der Waals surface area contributed by atoms with Crippen LogP contribution in [0, 0.1) is 0 Å². The Labute approximate surface area is 260 Å². The van der Waals surface area contributed by atoms with Gasteiger partial charge in [0.05, 0.1) is 18.2 Å². The van der Waals surface area contributed by atoms with E-state index in [-0.39, 0.29) is 40.2 Å². The number of hydrogen-bond donors (Lipinski definition) is 3. The molecular weight excluding hydrogens is 604 g/mol. The van der Waals surface area contributed by atoms with Crippen molar-refractivity contribution in [2.45, 2.75) is 19.4 Å². The number of fused-ring (bicyclic) bond motifs is 1. The van der Waals surface area contributed by atoms with Crippen molar-refractivity contribution in [1.29, 1.82) is 0 Å². The summed E-state index contributed by atoms with van der Waals surface area (Å²) < 4.78 is 7.14. The average molecular weight is 629 g/mol. The molecule has 13 heteroatoms. The summed E-state index contributed by atoms with van der Waals surface area (Å²) in [6, 6.07) is 19.0. The van der Waals surface area contributed by atoms with Gasteiger partial charge in [-0.15, -0.1) is 5.10 Å². The SMILES string of the molecule is COc1nn([C@@H](Cc2ccccc2)C(=O)Nc2ccc3c(c2)cc(C(=O)O)n3C(=O)O)c(=O)cc1-c1cc(Cl)ccc1C(C)=O. The molecule has 0 saturated carbocycles. The van der Waals surface area contributed by atoms with Gasteiger partial charge in [0.1, 0.15) is 11.7 Å². The van der Waals surface area contributed by atoms with Crippen LogP contribution in [0.25, 0.3) is 22.0 Å². The predicted molar refractivity (Wildman–Crippen MR) is 166 cm³/mol. The van der Waals surface area contributed by atoms with E-state index in [0.717, 1.165) is 10.2 Å². The lowest BCUT2D eigenvalue weighted by atomic mass is 9.98. The van der Waals surface area contributed by atoms with Gasteiger partial charge < -0.3 is 20.3 Å². The summed E-state index contributed by atoms with van der Waals surface area (Å²) in [6.07, 6.45) is -1.42. The number of Topliss-reactive ketones (excluding diaryl/α,β-unsaturated/α-hetero) is 1. The van der Waals surface area contributed by atoms with Crippen molar-refractivity contribution in [3.05, 3.63) is 111 Å². The van der Waals surface area contributed by atoms with Gasteiger partial charge in [-0.3, -0.25) is 14.4 Å². The molecule has 1 atom stereocenters. The van der Waals surface area contributed by atoms with Crippen molar-refractivity contribution in [3.63, 3.8) is 0 Å². The lowest BCUT2D eigenvalue weighted by Gasteiger charge is -2.20. The van der Waals surface area contributed by atoms with Gasteiger partial charge in [-0.1, -0.05) is 41.9 Å². The molecule has 0 fully saturated rings. The maximum absolute atomic E-state index is 13.8. The van der Waals surface area contributed by atoms with E-state index in [1.165, 1.54) is 56.5 Å². The molecule has 0 unspecified atom stereocenters. The lowest BCUT2D eigenvalue weighted by Crippen LogP contribution is -2.36. The second-order valence-electron chi connectivity index (χ2n) is 10.0. The minimum atomic E-state index is -1.47. The Hall–Kier alpha value is -5.75. The smallest absolute Gasteiger partial charge is 0.416 e. The van der Waals surface area contributed by atoms with Crippen molar-refractivity contribution < 1.29 is 34.1 Å². The molecule has 0 aliphatic carbocycles.